The number of hydrogen-bond donors (Lipinski definition) is 2. The van der Waals surface area contributed by atoms with E-state index in [0.29, 0.717) is 5.13 Å². The average Bonchev–Trinajstić information content (AvgIpc) is 2.58. The number of aromatic amines is 1. The Hall–Kier alpha value is -0.880. The van der Waals surface area contributed by atoms with Gasteiger partial charge in [-0.1, -0.05) is 0 Å². The summed E-state index contributed by atoms with van der Waals surface area (Å²) in [7, 11) is 0. The molecule has 0 saturated carbocycles. The second kappa shape index (κ2) is 2.87. The Kier molecular flexibility index (Phi) is 1.86. The van der Waals surface area contributed by atoms with Crippen molar-refractivity contribution in [1.82, 2.24) is 15.2 Å². The largest absolute Gasteiger partial charge is 0.375 e. The van der Waals surface area contributed by atoms with Crippen LogP contribution in [0, 0.1) is 0 Å². The first-order valence-corrected chi connectivity index (χ1v) is 4.85. The standard InChI is InChI=1S/C6H5BrN4S/c7-3-1-9-11-5(3)4-2-12-6(8)10-4/h1-2H,(H2,8,10)(H,9,11). The zero-order valence-electron chi connectivity index (χ0n) is 5.91. The Morgan fingerprint density at radius 1 is 1.58 bits per heavy atom. The minimum absolute atomic E-state index is 0.562. The lowest BCUT2D eigenvalue weighted by molar-refractivity contribution is 1.09. The van der Waals surface area contributed by atoms with E-state index in [1.54, 1.807) is 6.20 Å². The number of nitrogens with one attached hydrogen (secondary N) is 1. The van der Waals surface area contributed by atoms with Gasteiger partial charge in [0.1, 0.15) is 5.69 Å². The van der Waals surface area contributed by atoms with Crippen molar-refractivity contribution in [3.63, 3.8) is 0 Å². The van der Waals surface area contributed by atoms with Crippen LogP contribution in [0.2, 0.25) is 0 Å². The summed E-state index contributed by atoms with van der Waals surface area (Å²) in [6.07, 6.45) is 1.69. The fraction of sp³-hybridized carbons (Fsp3) is 0. The highest BCUT2D eigenvalue weighted by atomic mass is 79.9. The number of nitrogen functional groups attached to an aromatic ring is 1. The van der Waals surface area contributed by atoms with E-state index in [-0.39, 0.29) is 0 Å². The molecule has 0 fully saturated rings. The normalized spacial score (nSPS) is 10.4. The molecular formula is C6H5BrN4S. The van der Waals surface area contributed by atoms with Crippen LogP contribution in [0.4, 0.5) is 5.13 Å². The number of nitrogens with zero attached hydrogens (tertiary/aromatic N) is 2. The van der Waals surface area contributed by atoms with E-state index in [4.69, 9.17) is 5.73 Å². The molecule has 3 N–H and O–H groups in total. The maximum absolute atomic E-state index is 5.49. The van der Waals surface area contributed by atoms with E-state index in [2.05, 4.69) is 31.1 Å². The molecule has 4 nitrogen and oxygen atoms in total. The molecule has 2 rings (SSSR count). The molecule has 12 heavy (non-hydrogen) atoms. The van der Waals surface area contributed by atoms with Crippen molar-refractivity contribution in [1.29, 1.82) is 0 Å². The van der Waals surface area contributed by atoms with Gasteiger partial charge in [-0.3, -0.25) is 5.10 Å². The molecule has 0 amide bonds. The van der Waals surface area contributed by atoms with Crippen molar-refractivity contribution in [2.75, 3.05) is 5.73 Å². The molecule has 6 heteroatoms. The first kappa shape index (κ1) is 7.75. The van der Waals surface area contributed by atoms with Crippen molar-refractivity contribution in [2.24, 2.45) is 0 Å². The first-order chi connectivity index (χ1) is 5.77. The molecule has 0 aromatic carbocycles. The summed E-state index contributed by atoms with van der Waals surface area (Å²) in [6.45, 7) is 0. The second-order valence-corrected chi connectivity index (χ2v) is 3.91. The second-order valence-electron chi connectivity index (χ2n) is 2.16. The highest BCUT2D eigenvalue weighted by molar-refractivity contribution is 9.10. The summed E-state index contributed by atoms with van der Waals surface area (Å²) in [5.41, 5.74) is 7.18. The monoisotopic (exact) mass is 244 g/mol. The van der Waals surface area contributed by atoms with Crippen molar-refractivity contribution < 1.29 is 0 Å². The maximum atomic E-state index is 5.49. The maximum Gasteiger partial charge on any atom is 0.180 e. The van der Waals surface area contributed by atoms with Gasteiger partial charge in [-0.05, 0) is 15.9 Å². The third-order valence-corrected chi connectivity index (χ3v) is 2.65. The summed E-state index contributed by atoms with van der Waals surface area (Å²) in [4.78, 5) is 4.11. The van der Waals surface area contributed by atoms with Crippen LogP contribution in [0.5, 0.6) is 0 Å². The van der Waals surface area contributed by atoms with Gasteiger partial charge in [0.15, 0.2) is 5.13 Å². The van der Waals surface area contributed by atoms with Crippen LogP contribution in [0.25, 0.3) is 11.4 Å². The molecule has 0 bridgehead atoms. The van der Waals surface area contributed by atoms with E-state index < -0.39 is 0 Å². The topological polar surface area (TPSA) is 67.6 Å². The summed E-state index contributed by atoms with van der Waals surface area (Å²) in [5, 5.41) is 9.13. The summed E-state index contributed by atoms with van der Waals surface area (Å²) < 4.78 is 0.896. The van der Waals surface area contributed by atoms with E-state index in [1.165, 1.54) is 11.3 Å². The highest BCUT2D eigenvalue weighted by Crippen LogP contribution is 2.27. The van der Waals surface area contributed by atoms with Gasteiger partial charge < -0.3 is 5.73 Å². The molecule has 0 unspecified atom stereocenters. The molecule has 2 aromatic rings. The van der Waals surface area contributed by atoms with Crippen molar-refractivity contribution >= 4 is 32.4 Å². The molecule has 62 valence electrons. The van der Waals surface area contributed by atoms with Crippen molar-refractivity contribution in [2.45, 2.75) is 0 Å². The van der Waals surface area contributed by atoms with Gasteiger partial charge in [0, 0.05) is 5.38 Å². The van der Waals surface area contributed by atoms with E-state index in [9.17, 15) is 0 Å². The molecule has 0 radical (unpaired) electrons. The zero-order chi connectivity index (χ0) is 8.55. The Bertz CT molecular complexity index is 394. The van der Waals surface area contributed by atoms with Crippen LogP contribution in [0.1, 0.15) is 0 Å². The number of H-pyrrole nitrogens is 1. The van der Waals surface area contributed by atoms with E-state index in [1.807, 2.05) is 5.38 Å². The molecule has 0 saturated heterocycles. The van der Waals surface area contributed by atoms with Gasteiger partial charge in [-0.2, -0.15) is 5.10 Å². The number of nitrogens with two attached hydrogens (primary N) is 1. The predicted molar refractivity (Wildman–Crippen MR) is 51.8 cm³/mol. The molecule has 0 aliphatic carbocycles. The van der Waals surface area contributed by atoms with Crippen LogP contribution in [-0.2, 0) is 0 Å². The number of hydrogen-bond acceptors (Lipinski definition) is 4. The third-order valence-electron chi connectivity index (χ3n) is 1.37. The van der Waals surface area contributed by atoms with Crippen LogP contribution in [0.3, 0.4) is 0 Å². The van der Waals surface area contributed by atoms with Crippen LogP contribution in [-0.4, -0.2) is 15.2 Å². The molecule has 0 aliphatic heterocycles. The molecule has 0 atom stereocenters. The Balaban J connectivity index is 2.50. The lowest BCUT2D eigenvalue weighted by atomic mass is 10.3. The number of halogens is 1. The number of thiazole rings is 1. The molecule has 2 heterocycles. The van der Waals surface area contributed by atoms with Gasteiger partial charge in [0.05, 0.1) is 16.4 Å². The Morgan fingerprint density at radius 2 is 2.42 bits per heavy atom. The van der Waals surface area contributed by atoms with Crippen molar-refractivity contribution in [3.05, 3.63) is 16.0 Å². The van der Waals surface area contributed by atoms with Gasteiger partial charge in [0.2, 0.25) is 0 Å². The average molecular weight is 245 g/mol. The number of rotatable bonds is 1. The SMILES string of the molecule is Nc1nc(-c2[nH]ncc2Br)cs1. The predicted octanol–water partition coefficient (Wildman–Crippen LogP) is 1.88. The fourth-order valence-electron chi connectivity index (χ4n) is 0.854. The third kappa shape index (κ3) is 1.23. The van der Waals surface area contributed by atoms with E-state index >= 15 is 0 Å². The number of aromatic nitrogens is 3. The molecule has 2 aromatic heterocycles. The summed E-state index contributed by atoms with van der Waals surface area (Å²) in [5.74, 6) is 0. The van der Waals surface area contributed by atoms with Crippen LogP contribution >= 0.6 is 27.3 Å². The molecule has 0 aliphatic rings. The lowest BCUT2D eigenvalue weighted by Gasteiger charge is -1.89. The Morgan fingerprint density at radius 3 is 2.92 bits per heavy atom. The quantitative estimate of drug-likeness (QED) is 0.805. The fourth-order valence-corrected chi connectivity index (χ4v) is 1.80. The molecular weight excluding hydrogens is 240 g/mol. The summed E-state index contributed by atoms with van der Waals surface area (Å²) in [6, 6.07) is 0. The van der Waals surface area contributed by atoms with Gasteiger partial charge in [-0.15, -0.1) is 11.3 Å². The first-order valence-electron chi connectivity index (χ1n) is 3.17. The molecule has 0 spiro atoms. The van der Waals surface area contributed by atoms with Gasteiger partial charge >= 0.3 is 0 Å². The minimum atomic E-state index is 0.562. The van der Waals surface area contributed by atoms with Crippen LogP contribution < -0.4 is 5.73 Å². The van der Waals surface area contributed by atoms with Crippen molar-refractivity contribution in [3.8, 4) is 11.4 Å². The smallest absolute Gasteiger partial charge is 0.180 e. The van der Waals surface area contributed by atoms with Crippen LogP contribution in [0.15, 0.2) is 16.0 Å². The van der Waals surface area contributed by atoms with Gasteiger partial charge in [-0.25, -0.2) is 4.98 Å². The minimum Gasteiger partial charge on any atom is -0.375 e. The van der Waals surface area contributed by atoms with E-state index in [0.717, 1.165) is 15.9 Å². The zero-order valence-corrected chi connectivity index (χ0v) is 8.32. The van der Waals surface area contributed by atoms with Gasteiger partial charge in [0.25, 0.3) is 0 Å². The lowest BCUT2D eigenvalue weighted by Crippen LogP contribution is -1.83. The highest BCUT2D eigenvalue weighted by Gasteiger charge is 2.07. The summed E-state index contributed by atoms with van der Waals surface area (Å²) >= 11 is 4.75. The number of anilines is 1. The Labute approximate surface area is 81.0 Å².